The quantitative estimate of drug-likeness (QED) is 0.615. The Bertz CT molecular complexity index is 147. The standard InChI is InChI=1S/C8H16N2O/c1-2-7(9)5-6-3-4-10-8(6)11/h6-7H,2-5,9H2,1H3,(H,10,11)/t6?,7-/m1/s1. The summed E-state index contributed by atoms with van der Waals surface area (Å²) in [5, 5.41) is 2.80. The highest BCUT2D eigenvalue weighted by Gasteiger charge is 2.24. The maximum atomic E-state index is 11.1. The van der Waals surface area contributed by atoms with Gasteiger partial charge in [-0.1, -0.05) is 6.92 Å². The molecule has 1 fully saturated rings. The third kappa shape index (κ3) is 2.19. The van der Waals surface area contributed by atoms with Crippen molar-refractivity contribution in [3.05, 3.63) is 0 Å². The van der Waals surface area contributed by atoms with E-state index in [4.69, 9.17) is 5.73 Å². The van der Waals surface area contributed by atoms with Crippen LogP contribution in [-0.4, -0.2) is 18.5 Å². The zero-order valence-electron chi connectivity index (χ0n) is 6.97. The van der Waals surface area contributed by atoms with Crippen LogP contribution in [0.25, 0.3) is 0 Å². The summed E-state index contributed by atoms with van der Waals surface area (Å²) in [6, 6.07) is 0.198. The summed E-state index contributed by atoms with van der Waals surface area (Å²) >= 11 is 0. The van der Waals surface area contributed by atoms with Crippen LogP contribution in [0.3, 0.4) is 0 Å². The van der Waals surface area contributed by atoms with Crippen LogP contribution in [0.5, 0.6) is 0 Å². The lowest BCUT2D eigenvalue weighted by Crippen LogP contribution is -2.27. The predicted molar refractivity (Wildman–Crippen MR) is 44.0 cm³/mol. The summed E-state index contributed by atoms with van der Waals surface area (Å²) in [4.78, 5) is 11.1. The summed E-state index contributed by atoms with van der Waals surface area (Å²) in [5.41, 5.74) is 5.74. The van der Waals surface area contributed by atoms with Gasteiger partial charge in [0.05, 0.1) is 0 Å². The molecule has 0 bridgehead atoms. The molecule has 3 nitrogen and oxygen atoms in total. The molecule has 2 atom stereocenters. The van der Waals surface area contributed by atoms with Crippen molar-refractivity contribution in [2.45, 2.75) is 32.2 Å². The molecule has 1 aliphatic heterocycles. The van der Waals surface area contributed by atoms with E-state index in [1.54, 1.807) is 0 Å². The van der Waals surface area contributed by atoms with Crippen LogP contribution >= 0.6 is 0 Å². The summed E-state index contributed by atoms with van der Waals surface area (Å²) < 4.78 is 0. The van der Waals surface area contributed by atoms with E-state index in [2.05, 4.69) is 12.2 Å². The lowest BCUT2D eigenvalue weighted by Gasteiger charge is -2.11. The van der Waals surface area contributed by atoms with Crippen molar-refractivity contribution in [3.63, 3.8) is 0 Å². The first-order chi connectivity index (χ1) is 5.24. The van der Waals surface area contributed by atoms with Gasteiger partial charge in [-0.2, -0.15) is 0 Å². The Morgan fingerprint density at radius 1 is 1.82 bits per heavy atom. The van der Waals surface area contributed by atoms with Gasteiger partial charge >= 0.3 is 0 Å². The molecular weight excluding hydrogens is 140 g/mol. The van der Waals surface area contributed by atoms with Gasteiger partial charge in [0.15, 0.2) is 0 Å². The third-order valence-corrected chi connectivity index (χ3v) is 2.27. The lowest BCUT2D eigenvalue weighted by molar-refractivity contribution is -0.122. The second-order valence-electron chi connectivity index (χ2n) is 3.18. The average Bonchev–Trinajstić information content (AvgIpc) is 2.37. The molecule has 1 aliphatic rings. The van der Waals surface area contributed by atoms with Gasteiger partial charge in [0.2, 0.25) is 5.91 Å². The molecular formula is C8H16N2O. The molecule has 1 amide bonds. The Morgan fingerprint density at radius 3 is 3.00 bits per heavy atom. The summed E-state index contributed by atoms with van der Waals surface area (Å²) in [5.74, 6) is 0.374. The second-order valence-corrected chi connectivity index (χ2v) is 3.18. The van der Waals surface area contributed by atoms with Crippen molar-refractivity contribution in [1.82, 2.24) is 5.32 Å². The zero-order valence-corrected chi connectivity index (χ0v) is 6.97. The highest BCUT2D eigenvalue weighted by atomic mass is 16.2. The van der Waals surface area contributed by atoms with Crippen molar-refractivity contribution >= 4 is 5.91 Å². The fraction of sp³-hybridized carbons (Fsp3) is 0.875. The van der Waals surface area contributed by atoms with Crippen LogP contribution < -0.4 is 11.1 Å². The highest BCUT2D eigenvalue weighted by molar-refractivity contribution is 5.80. The van der Waals surface area contributed by atoms with Crippen molar-refractivity contribution in [2.75, 3.05) is 6.54 Å². The first-order valence-electron chi connectivity index (χ1n) is 4.27. The van der Waals surface area contributed by atoms with Crippen LogP contribution in [0, 0.1) is 5.92 Å². The maximum absolute atomic E-state index is 11.1. The molecule has 0 saturated carbocycles. The molecule has 0 radical (unpaired) electrons. The number of carbonyl (C=O) groups is 1. The van der Waals surface area contributed by atoms with Crippen LogP contribution in [0.4, 0.5) is 0 Å². The molecule has 3 N–H and O–H groups in total. The fourth-order valence-corrected chi connectivity index (χ4v) is 1.40. The van der Waals surface area contributed by atoms with Gasteiger partial charge in [0.1, 0.15) is 0 Å². The highest BCUT2D eigenvalue weighted by Crippen LogP contribution is 2.15. The molecule has 11 heavy (non-hydrogen) atoms. The smallest absolute Gasteiger partial charge is 0.223 e. The molecule has 1 rings (SSSR count). The van der Waals surface area contributed by atoms with Gasteiger partial charge in [-0.05, 0) is 19.3 Å². The van der Waals surface area contributed by atoms with E-state index >= 15 is 0 Å². The van der Waals surface area contributed by atoms with Gasteiger partial charge in [0, 0.05) is 18.5 Å². The fourth-order valence-electron chi connectivity index (χ4n) is 1.40. The molecule has 0 aromatic carbocycles. The van der Waals surface area contributed by atoms with Crippen LogP contribution in [-0.2, 0) is 4.79 Å². The number of nitrogens with two attached hydrogens (primary N) is 1. The molecule has 3 heteroatoms. The largest absolute Gasteiger partial charge is 0.356 e. The van der Waals surface area contributed by atoms with E-state index in [0.717, 1.165) is 25.8 Å². The number of carbonyl (C=O) groups excluding carboxylic acids is 1. The minimum absolute atomic E-state index is 0.185. The Hall–Kier alpha value is -0.570. The Morgan fingerprint density at radius 2 is 2.55 bits per heavy atom. The van der Waals surface area contributed by atoms with Crippen LogP contribution in [0.1, 0.15) is 26.2 Å². The number of rotatable bonds is 3. The summed E-state index contributed by atoms with van der Waals surface area (Å²) in [6.45, 7) is 2.89. The van der Waals surface area contributed by atoms with Crippen LogP contribution in [0.2, 0.25) is 0 Å². The van der Waals surface area contributed by atoms with E-state index in [1.165, 1.54) is 0 Å². The topological polar surface area (TPSA) is 55.1 Å². The molecule has 0 spiro atoms. The van der Waals surface area contributed by atoms with Crippen molar-refractivity contribution in [3.8, 4) is 0 Å². The van der Waals surface area contributed by atoms with Crippen molar-refractivity contribution in [2.24, 2.45) is 11.7 Å². The van der Waals surface area contributed by atoms with Gasteiger partial charge < -0.3 is 11.1 Å². The monoisotopic (exact) mass is 156 g/mol. The third-order valence-electron chi connectivity index (χ3n) is 2.27. The molecule has 64 valence electrons. The first kappa shape index (κ1) is 8.53. The normalized spacial score (nSPS) is 26.7. The van der Waals surface area contributed by atoms with Crippen molar-refractivity contribution < 1.29 is 4.79 Å². The van der Waals surface area contributed by atoms with Crippen LogP contribution in [0.15, 0.2) is 0 Å². The van der Waals surface area contributed by atoms with Gasteiger partial charge in [-0.15, -0.1) is 0 Å². The summed E-state index contributed by atoms with van der Waals surface area (Å²) in [6.07, 6.45) is 2.78. The number of nitrogens with one attached hydrogen (secondary N) is 1. The minimum Gasteiger partial charge on any atom is -0.356 e. The van der Waals surface area contributed by atoms with E-state index in [0.29, 0.717) is 0 Å². The lowest BCUT2D eigenvalue weighted by atomic mass is 9.98. The molecule has 1 saturated heterocycles. The van der Waals surface area contributed by atoms with E-state index in [1.807, 2.05) is 0 Å². The SMILES string of the molecule is CC[C@@H](N)CC1CCNC1=O. The number of hydrogen-bond donors (Lipinski definition) is 2. The van der Waals surface area contributed by atoms with E-state index in [-0.39, 0.29) is 17.9 Å². The number of amides is 1. The van der Waals surface area contributed by atoms with Gasteiger partial charge in [-0.25, -0.2) is 0 Å². The molecule has 0 aromatic rings. The van der Waals surface area contributed by atoms with E-state index in [9.17, 15) is 4.79 Å². The Balaban J connectivity index is 2.30. The predicted octanol–water partition coefficient (Wildman–Crippen LogP) is 0.250. The van der Waals surface area contributed by atoms with Crippen molar-refractivity contribution in [1.29, 1.82) is 0 Å². The zero-order chi connectivity index (χ0) is 8.27. The molecule has 1 heterocycles. The average molecular weight is 156 g/mol. The molecule has 0 aliphatic carbocycles. The minimum atomic E-state index is 0.185. The van der Waals surface area contributed by atoms with Gasteiger partial charge in [-0.3, -0.25) is 4.79 Å². The Labute approximate surface area is 67.3 Å². The van der Waals surface area contributed by atoms with E-state index < -0.39 is 0 Å². The number of hydrogen-bond acceptors (Lipinski definition) is 2. The molecule has 0 aromatic heterocycles. The van der Waals surface area contributed by atoms with Gasteiger partial charge in [0.25, 0.3) is 0 Å². The summed E-state index contributed by atoms with van der Waals surface area (Å²) in [7, 11) is 0. The maximum Gasteiger partial charge on any atom is 0.223 e. The second kappa shape index (κ2) is 3.72. The Kier molecular flexibility index (Phi) is 2.88. The first-order valence-corrected chi connectivity index (χ1v) is 4.27. The molecule has 1 unspecified atom stereocenters.